The Bertz CT molecular complexity index is 313. The molecular formula is C11H17BrN2O. The quantitative estimate of drug-likeness (QED) is 0.855. The van der Waals surface area contributed by atoms with Gasteiger partial charge < -0.3 is 16.2 Å². The summed E-state index contributed by atoms with van der Waals surface area (Å²) in [6, 6.07) is 6.04. The number of nitrogens with two attached hydrogens (primary N) is 2. The number of methoxy groups -OCH3 is 1. The molecule has 0 atom stereocenters. The van der Waals surface area contributed by atoms with Crippen LogP contribution in [0.1, 0.15) is 5.56 Å². The maximum Gasteiger partial charge on any atom is 0.133 e. The summed E-state index contributed by atoms with van der Waals surface area (Å²) in [7, 11) is 1.66. The summed E-state index contributed by atoms with van der Waals surface area (Å²) in [5, 5.41) is 0. The predicted molar refractivity (Wildman–Crippen MR) is 66.0 cm³/mol. The van der Waals surface area contributed by atoms with Crippen molar-refractivity contribution in [3.63, 3.8) is 0 Å². The summed E-state index contributed by atoms with van der Waals surface area (Å²) < 4.78 is 6.13. The Morgan fingerprint density at radius 1 is 1.33 bits per heavy atom. The van der Waals surface area contributed by atoms with Gasteiger partial charge in [-0.15, -0.1) is 0 Å². The molecule has 4 heteroatoms. The van der Waals surface area contributed by atoms with Gasteiger partial charge in [-0.3, -0.25) is 0 Å². The van der Waals surface area contributed by atoms with E-state index in [0.717, 1.165) is 16.6 Å². The molecule has 3 nitrogen and oxygen atoms in total. The Hall–Kier alpha value is -0.580. The Morgan fingerprint density at radius 2 is 2.00 bits per heavy atom. The van der Waals surface area contributed by atoms with Crippen LogP contribution < -0.4 is 16.2 Å². The minimum absolute atomic E-state index is 0.352. The van der Waals surface area contributed by atoms with Crippen LogP contribution in [0.3, 0.4) is 0 Å². The van der Waals surface area contributed by atoms with Crippen molar-refractivity contribution in [1.82, 2.24) is 0 Å². The van der Waals surface area contributed by atoms with Crippen LogP contribution in [0, 0.1) is 5.92 Å². The first-order valence-electron chi connectivity index (χ1n) is 4.93. The van der Waals surface area contributed by atoms with E-state index in [1.54, 1.807) is 7.11 Å². The summed E-state index contributed by atoms with van der Waals surface area (Å²) in [6.07, 6.45) is 0.912. The summed E-state index contributed by atoms with van der Waals surface area (Å²) in [4.78, 5) is 0. The number of ether oxygens (including phenoxy) is 1. The van der Waals surface area contributed by atoms with E-state index in [9.17, 15) is 0 Å². The second-order valence-electron chi connectivity index (χ2n) is 3.51. The Kier molecular flexibility index (Phi) is 5.08. The van der Waals surface area contributed by atoms with Crippen LogP contribution in [0.4, 0.5) is 0 Å². The van der Waals surface area contributed by atoms with Gasteiger partial charge in [0.05, 0.1) is 11.6 Å². The Balaban J connectivity index is 2.74. The van der Waals surface area contributed by atoms with Crippen LogP contribution in [0.25, 0.3) is 0 Å². The van der Waals surface area contributed by atoms with Crippen LogP contribution in [0.2, 0.25) is 0 Å². The third-order valence-electron chi connectivity index (χ3n) is 2.41. The minimum Gasteiger partial charge on any atom is -0.496 e. The highest BCUT2D eigenvalue weighted by atomic mass is 79.9. The molecule has 0 aliphatic carbocycles. The lowest BCUT2D eigenvalue weighted by Gasteiger charge is -2.12. The molecule has 1 aromatic carbocycles. The average Bonchev–Trinajstić information content (AvgIpc) is 2.26. The average molecular weight is 273 g/mol. The molecule has 0 unspecified atom stereocenters. The molecule has 0 amide bonds. The SMILES string of the molecule is COc1ccc(CC(CN)CN)cc1Br. The van der Waals surface area contributed by atoms with E-state index in [0.29, 0.717) is 19.0 Å². The zero-order valence-electron chi connectivity index (χ0n) is 8.87. The highest BCUT2D eigenvalue weighted by Crippen LogP contribution is 2.26. The van der Waals surface area contributed by atoms with Gasteiger partial charge in [0.1, 0.15) is 5.75 Å². The molecule has 0 spiro atoms. The van der Waals surface area contributed by atoms with Crippen LogP contribution in [-0.2, 0) is 6.42 Å². The second-order valence-corrected chi connectivity index (χ2v) is 4.36. The lowest BCUT2D eigenvalue weighted by Crippen LogP contribution is -2.25. The molecule has 0 fully saturated rings. The minimum atomic E-state index is 0.352. The first-order chi connectivity index (χ1) is 7.21. The molecule has 4 N–H and O–H groups in total. The van der Waals surface area contributed by atoms with E-state index >= 15 is 0 Å². The van der Waals surface area contributed by atoms with E-state index in [1.165, 1.54) is 5.56 Å². The molecule has 0 radical (unpaired) electrons. The Morgan fingerprint density at radius 3 is 2.47 bits per heavy atom. The maximum atomic E-state index is 5.61. The van der Waals surface area contributed by atoms with Crippen molar-refractivity contribution >= 4 is 15.9 Å². The Labute approximate surface area is 98.9 Å². The zero-order valence-corrected chi connectivity index (χ0v) is 10.5. The van der Waals surface area contributed by atoms with Gasteiger partial charge in [0.25, 0.3) is 0 Å². The van der Waals surface area contributed by atoms with Crippen molar-refractivity contribution < 1.29 is 4.74 Å². The lowest BCUT2D eigenvalue weighted by atomic mass is 10.00. The van der Waals surface area contributed by atoms with E-state index < -0.39 is 0 Å². The summed E-state index contributed by atoms with van der Waals surface area (Å²) >= 11 is 3.45. The molecule has 15 heavy (non-hydrogen) atoms. The molecule has 0 saturated carbocycles. The number of benzene rings is 1. The molecule has 0 aromatic heterocycles. The van der Waals surface area contributed by atoms with Crippen LogP contribution in [-0.4, -0.2) is 20.2 Å². The number of hydrogen-bond donors (Lipinski definition) is 2. The van der Waals surface area contributed by atoms with Crippen molar-refractivity contribution in [3.05, 3.63) is 28.2 Å². The molecule has 0 aliphatic rings. The lowest BCUT2D eigenvalue weighted by molar-refractivity contribution is 0.412. The van der Waals surface area contributed by atoms with E-state index in [1.807, 2.05) is 12.1 Å². The van der Waals surface area contributed by atoms with Crippen LogP contribution >= 0.6 is 15.9 Å². The van der Waals surface area contributed by atoms with E-state index in [4.69, 9.17) is 16.2 Å². The fourth-order valence-corrected chi connectivity index (χ4v) is 2.02. The summed E-state index contributed by atoms with van der Waals surface area (Å²) in [5.74, 6) is 1.20. The monoisotopic (exact) mass is 272 g/mol. The third-order valence-corrected chi connectivity index (χ3v) is 3.03. The third kappa shape index (κ3) is 3.48. The van der Waals surface area contributed by atoms with E-state index in [-0.39, 0.29) is 0 Å². The van der Waals surface area contributed by atoms with E-state index in [2.05, 4.69) is 22.0 Å². The fourth-order valence-electron chi connectivity index (χ4n) is 1.43. The molecule has 0 bridgehead atoms. The van der Waals surface area contributed by atoms with Gasteiger partial charge >= 0.3 is 0 Å². The molecule has 0 heterocycles. The first kappa shape index (κ1) is 12.5. The van der Waals surface area contributed by atoms with Crippen molar-refractivity contribution in [3.8, 4) is 5.75 Å². The smallest absolute Gasteiger partial charge is 0.133 e. The normalized spacial score (nSPS) is 10.7. The predicted octanol–water partition coefficient (Wildman–Crippen LogP) is 1.53. The molecule has 84 valence electrons. The fraction of sp³-hybridized carbons (Fsp3) is 0.455. The molecule has 1 aromatic rings. The van der Waals surface area contributed by atoms with Gasteiger partial charge in [-0.05, 0) is 59.1 Å². The van der Waals surface area contributed by atoms with Gasteiger partial charge in [0.15, 0.2) is 0 Å². The largest absolute Gasteiger partial charge is 0.496 e. The van der Waals surface area contributed by atoms with Gasteiger partial charge in [-0.1, -0.05) is 6.07 Å². The summed E-state index contributed by atoms with van der Waals surface area (Å²) in [6.45, 7) is 1.25. The highest BCUT2D eigenvalue weighted by molar-refractivity contribution is 9.10. The maximum absolute atomic E-state index is 5.61. The molecule has 0 saturated heterocycles. The van der Waals surface area contributed by atoms with Gasteiger partial charge in [-0.2, -0.15) is 0 Å². The van der Waals surface area contributed by atoms with Crippen molar-refractivity contribution in [2.24, 2.45) is 17.4 Å². The number of rotatable bonds is 5. The summed E-state index contributed by atoms with van der Waals surface area (Å²) in [5.41, 5.74) is 12.4. The van der Waals surface area contributed by atoms with Crippen LogP contribution in [0.5, 0.6) is 5.75 Å². The number of halogens is 1. The topological polar surface area (TPSA) is 61.3 Å². The van der Waals surface area contributed by atoms with Gasteiger partial charge in [-0.25, -0.2) is 0 Å². The standard InChI is InChI=1S/C11H17BrN2O/c1-15-11-3-2-8(5-10(11)12)4-9(6-13)7-14/h2-3,5,9H,4,6-7,13-14H2,1H3. The molecule has 0 aliphatic heterocycles. The molecular weight excluding hydrogens is 256 g/mol. The van der Waals surface area contributed by atoms with Gasteiger partial charge in [0.2, 0.25) is 0 Å². The molecule has 1 rings (SSSR count). The van der Waals surface area contributed by atoms with Gasteiger partial charge in [0, 0.05) is 0 Å². The highest BCUT2D eigenvalue weighted by Gasteiger charge is 2.07. The van der Waals surface area contributed by atoms with Crippen LogP contribution in [0.15, 0.2) is 22.7 Å². The number of hydrogen-bond acceptors (Lipinski definition) is 3. The second kappa shape index (κ2) is 6.10. The van der Waals surface area contributed by atoms with Crippen molar-refractivity contribution in [2.45, 2.75) is 6.42 Å². The van der Waals surface area contributed by atoms with Crippen molar-refractivity contribution in [2.75, 3.05) is 20.2 Å². The zero-order chi connectivity index (χ0) is 11.3. The first-order valence-corrected chi connectivity index (χ1v) is 5.73. The van der Waals surface area contributed by atoms with Crippen molar-refractivity contribution in [1.29, 1.82) is 0 Å².